The Bertz CT molecular complexity index is 1120. The van der Waals surface area contributed by atoms with Crippen LogP contribution in [0.2, 0.25) is 0 Å². The molecule has 3 aromatic carbocycles. The van der Waals surface area contributed by atoms with Crippen LogP contribution in [0.3, 0.4) is 0 Å². The third-order valence-corrected chi connectivity index (χ3v) is 6.23. The smallest absolute Gasteiger partial charge is 0.261 e. The van der Waals surface area contributed by atoms with Crippen LogP contribution in [0, 0.1) is 0 Å². The third-order valence-electron chi connectivity index (χ3n) is 4.21. The summed E-state index contributed by atoms with van der Waals surface area (Å²) >= 11 is 2.97. The Morgan fingerprint density at radius 3 is 2.71 bits per heavy atom. The van der Waals surface area contributed by atoms with Gasteiger partial charge in [0.1, 0.15) is 5.75 Å². The van der Waals surface area contributed by atoms with E-state index < -0.39 is 0 Å². The summed E-state index contributed by atoms with van der Waals surface area (Å²) in [4.78, 5) is 12.5. The lowest BCUT2D eigenvalue weighted by Crippen LogP contribution is -2.12. The molecule has 7 heteroatoms. The first-order valence-corrected chi connectivity index (χ1v) is 10.4. The fourth-order valence-corrected chi connectivity index (χ4v) is 4.62. The summed E-state index contributed by atoms with van der Waals surface area (Å²) in [6, 6.07) is 21.7. The van der Waals surface area contributed by atoms with Crippen molar-refractivity contribution in [3.63, 3.8) is 0 Å². The number of fused-ring (bicyclic) bond motifs is 1. The number of hydrogen-bond acceptors (Lipinski definition) is 6. The van der Waals surface area contributed by atoms with Gasteiger partial charge in [0.05, 0.1) is 12.7 Å². The van der Waals surface area contributed by atoms with Gasteiger partial charge in [-0.1, -0.05) is 77.7 Å². The van der Waals surface area contributed by atoms with Crippen LogP contribution in [-0.4, -0.2) is 23.2 Å². The molecule has 0 aliphatic rings. The van der Waals surface area contributed by atoms with E-state index >= 15 is 0 Å². The van der Waals surface area contributed by atoms with Gasteiger partial charge < -0.3 is 4.74 Å². The van der Waals surface area contributed by atoms with Crippen LogP contribution >= 0.6 is 23.1 Å². The lowest BCUT2D eigenvalue weighted by atomic mass is 10.1. The fraction of sp³-hybridized carbons (Fsp3) is 0.0952. The number of rotatable bonds is 6. The zero-order valence-corrected chi connectivity index (χ0v) is 16.7. The Labute approximate surface area is 170 Å². The molecule has 0 saturated heterocycles. The second-order valence-electron chi connectivity index (χ2n) is 5.95. The van der Waals surface area contributed by atoms with E-state index in [4.69, 9.17) is 4.74 Å². The SMILES string of the molecule is COc1ccccc1C(=O)Nc1nnc(SCc2cccc3ccccc23)s1. The van der Waals surface area contributed by atoms with Crippen LogP contribution in [0.25, 0.3) is 10.8 Å². The lowest BCUT2D eigenvalue weighted by molar-refractivity contribution is 0.102. The van der Waals surface area contributed by atoms with Crippen molar-refractivity contribution in [3.05, 3.63) is 77.9 Å². The third kappa shape index (κ3) is 4.00. The van der Waals surface area contributed by atoms with Crippen LogP contribution < -0.4 is 10.1 Å². The minimum absolute atomic E-state index is 0.265. The number of carbonyl (C=O) groups is 1. The summed E-state index contributed by atoms with van der Waals surface area (Å²) in [7, 11) is 1.54. The molecule has 0 unspecified atom stereocenters. The van der Waals surface area contributed by atoms with Gasteiger partial charge in [0.2, 0.25) is 5.13 Å². The van der Waals surface area contributed by atoms with Crippen LogP contribution in [0.5, 0.6) is 5.75 Å². The van der Waals surface area contributed by atoms with E-state index in [9.17, 15) is 4.79 Å². The number of anilines is 1. The number of hydrogen-bond donors (Lipinski definition) is 1. The summed E-state index contributed by atoms with van der Waals surface area (Å²) in [5.74, 6) is 1.05. The first kappa shape index (κ1) is 18.5. The van der Waals surface area contributed by atoms with Gasteiger partial charge in [-0.2, -0.15) is 0 Å². The maximum absolute atomic E-state index is 12.5. The van der Waals surface area contributed by atoms with Gasteiger partial charge in [-0.05, 0) is 28.5 Å². The molecule has 0 bridgehead atoms. The Balaban J connectivity index is 1.44. The molecule has 0 saturated carbocycles. The van der Waals surface area contributed by atoms with Crippen molar-refractivity contribution in [2.24, 2.45) is 0 Å². The molecule has 5 nitrogen and oxygen atoms in total. The van der Waals surface area contributed by atoms with Crippen LogP contribution in [0.15, 0.2) is 71.1 Å². The number of thioether (sulfide) groups is 1. The monoisotopic (exact) mass is 407 g/mol. The molecular weight excluding hydrogens is 390 g/mol. The fourth-order valence-electron chi connectivity index (χ4n) is 2.87. The van der Waals surface area contributed by atoms with E-state index in [1.54, 1.807) is 37.1 Å². The highest BCUT2D eigenvalue weighted by Gasteiger charge is 2.14. The number of methoxy groups -OCH3 is 1. The second kappa shape index (κ2) is 8.41. The van der Waals surface area contributed by atoms with E-state index in [-0.39, 0.29) is 5.91 Å². The Morgan fingerprint density at radius 2 is 1.82 bits per heavy atom. The number of nitrogens with one attached hydrogen (secondary N) is 1. The molecular formula is C21H17N3O2S2. The van der Waals surface area contributed by atoms with Gasteiger partial charge in [-0.15, -0.1) is 10.2 Å². The van der Waals surface area contributed by atoms with Gasteiger partial charge in [0.15, 0.2) is 4.34 Å². The second-order valence-corrected chi connectivity index (χ2v) is 8.15. The van der Waals surface area contributed by atoms with E-state index in [0.717, 1.165) is 10.1 Å². The number of aromatic nitrogens is 2. The average molecular weight is 408 g/mol. The minimum atomic E-state index is -0.265. The molecule has 1 N–H and O–H groups in total. The molecule has 28 heavy (non-hydrogen) atoms. The molecule has 0 fully saturated rings. The number of para-hydroxylation sites is 1. The number of ether oxygens (including phenoxy) is 1. The molecule has 0 radical (unpaired) electrons. The maximum atomic E-state index is 12.5. The average Bonchev–Trinajstić information content (AvgIpc) is 3.19. The zero-order valence-electron chi connectivity index (χ0n) is 15.1. The first-order chi connectivity index (χ1) is 13.7. The summed E-state index contributed by atoms with van der Waals surface area (Å²) in [6.45, 7) is 0. The van der Waals surface area contributed by atoms with Gasteiger partial charge in [-0.3, -0.25) is 10.1 Å². The quantitative estimate of drug-likeness (QED) is 0.350. The number of amides is 1. The summed E-state index contributed by atoms with van der Waals surface area (Å²) < 4.78 is 6.04. The minimum Gasteiger partial charge on any atom is -0.496 e. The number of nitrogens with zero attached hydrogens (tertiary/aromatic N) is 2. The van der Waals surface area contributed by atoms with Crippen molar-refractivity contribution in [3.8, 4) is 5.75 Å². The molecule has 0 atom stereocenters. The van der Waals surface area contributed by atoms with Gasteiger partial charge in [-0.25, -0.2) is 0 Å². The molecule has 4 rings (SSSR count). The molecule has 0 spiro atoms. The van der Waals surface area contributed by atoms with E-state index in [1.807, 2.05) is 18.2 Å². The van der Waals surface area contributed by atoms with E-state index in [2.05, 4.69) is 45.8 Å². The van der Waals surface area contributed by atoms with E-state index in [0.29, 0.717) is 16.4 Å². The van der Waals surface area contributed by atoms with E-state index in [1.165, 1.54) is 27.7 Å². The van der Waals surface area contributed by atoms with Crippen molar-refractivity contribution in [2.45, 2.75) is 10.1 Å². The first-order valence-electron chi connectivity index (χ1n) is 8.62. The summed E-state index contributed by atoms with van der Waals surface area (Å²) in [5.41, 5.74) is 1.71. The maximum Gasteiger partial charge on any atom is 0.261 e. The highest BCUT2D eigenvalue weighted by Crippen LogP contribution is 2.31. The Hall–Kier alpha value is -2.90. The van der Waals surface area contributed by atoms with Crippen LogP contribution in [0.1, 0.15) is 15.9 Å². The summed E-state index contributed by atoms with van der Waals surface area (Å²) in [6.07, 6.45) is 0. The lowest BCUT2D eigenvalue weighted by Gasteiger charge is -2.06. The van der Waals surface area contributed by atoms with Crippen LogP contribution in [-0.2, 0) is 5.75 Å². The normalized spacial score (nSPS) is 10.8. The largest absolute Gasteiger partial charge is 0.496 e. The molecule has 0 aliphatic heterocycles. The highest BCUT2D eigenvalue weighted by atomic mass is 32.2. The molecule has 0 aliphatic carbocycles. The van der Waals surface area contributed by atoms with Crippen molar-refractivity contribution in [1.82, 2.24) is 10.2 Å². The number of benzene rings is 3. The van der Waals surface area contributed by atoms with Crippen LogP contribution in [0.4, 0.5) is 5.13 Å². The highest BCUT2D eigenvalue weighted by molar-refractivity contribution is 8.00. The molecule has 1 heterocycles. The summed E-state index contributed by atoms with van der Waals surface area (Å²) in [5, 5.41) is 14.0. The predicted octanol–water partition coefficient (Wildman–Crippen LogP) is 5.24. The molecule has 1 aromatic heterocycles. The van der Waals surface area contributed by atoms with Crippen molar-refractivity contribution < 1.29 is 9.53 Å². The molecule has 4 aromatic rings. The van der Waals surface area contributed by atoms with Crippen molar-refractivity contribution in [1.29, 1.82) is 0 Å². The van der Waals surface area contributed by atoms with Gasteiger partial charge in [0.25, 0.3) is 5.91 Å². The molecule has 1 amide bonds. The van der Waals surface area contributed by atoms with Gasteiger partial charge >= 0.3 is 0 Å². The zero-order chi connectivity index (χ0) is 19.3. The molecule has 140 valence electrons. The number of carbonyl (C=O) groups excluding carboxylic acids is 1. The van der Waals surface area contributed by atoms with Crippen molar-refractivity contribution in [2.75, 3.05) is 12.4 Å². The van der Waals surface area contributed by atoms with Gasteiger partial charge in [0, 0.05) is 5.75 Å². The standard InChI is InChI=1S/C21H17N3O2S2/c1-26-18-12-5-4-11-17(18)19(25)22-20-23-24-21(28-20)27-13-15-9-6-8-14-7-2-3-10-16(14)15/h2-12H,13H2,1H3,(H,22,23,25). The topological polar surface area (TPSA) is 64.1 Å². The van der Waals surface area contributed by atoms with Crippen molar-refractivity contribution >= 4 is 44.9 Å². The Morgan fingerprint density at radius 1 is 1.04 bits per heavy atom. The predicted molar refractivity (Wildman–Crippen MR) is 114 cm³/mol. The Kier molecular flexibility index (Phi) is 5.55.